The van der Waals surface area contributed by atoms with Crippen molar-refractivity contribution in [3.05, 3.63) is 47.1 Å². The lowest BCUT2D eigenvalue weighted by atomic mass is 9.64. The summed E-state index contributed by atoms with van der Waals surface area (Å²) in [5.41, 5.74) is 4.98. The average molecular weight is 687 g/mol. The Balaban J connectivity index is 2.11. The van der Waals surface area contributed by atoms with Gasteiger partial charge in [0.25, 0.3) is 0 Å². The van der Waals surface area contributed by atoms with E-state index in [2.05, 4.69) is 106 Å². The van der Waals surface area contributed by atoms with E-state index in [1.165, 1.54) is 18.4 Å². The minimum atomic E-state index is -2.36. The van der Waals surface area contributed by atoms with Gasteiger partial charge in [-0.25, -0.2) is 4.79 Å². The Morgan fingerprint density at radius 2 is 1.62 bits per heavy atom. The summed E-state index contributed by atoms with van der Waals surface area (Å²) in [4.78, 5) is 13.2. The van der Waals surface area contributed by atoms with Crippen molar-refractivity contribution in [2.24, 2.45) is 11.3 Å². The number of fused-ring (bicyclic) bond motifs is 1. The molecule has 0 aromatic heterocycles. The molecule has 0 bridgehead atoms. The highest BCUT2D eigenvalue weighted by atomic mass is 28.4. The van der Waals surface area contributed by atoms with Crippen LogP contribution in [0.25, 0.3) is 0 Å². The highest BCUT2D eigenvalue weighted by molar-refractivity contribution is 6.74. The summed E-state index contributed by atoms with van der Waals surface area (Å²) in [6.45, 7) is 37.9. The molecule has 0 amide bonds. The zero-order valence-corrected chi connectivity index (χ0v) is 35.0. The van der Waals surface area contributed by atoms with Crippen LogP contribution in [0.3, 0.4) is 0 Å². The number of carbonyl (C=O) groups is 1. The minimum absolute atomic E-state index is 0.0228. The standard InChI is InChI=1S/C40H70O5Si2/c1-17-32-23-24-33-30(20-19-25-39(32,33)12)21-22-31-26-40(45-47(15,16)37(7,8)9,42-28-35(41)43-38(10,11)18-2)27-34(29(31)3)44-46(13,14)36(4,5)6/h21-23,33-34H,3,17-20,24-28H2,1-2,4-16H3/t33-,34?,39+,40-/m0/s1. The Labute approximate surface area is 291 Å². The van der Waals surface area contributed by atoms with Crippen molar-refractivity contribution in [1.82, 2.24) is 0 Å². The number of allylic oxidation sites excluding steroid dienone is 5. The summed E-state index contributed by atoms with van der Waals surface area (Å²) in [5.74, 6) is -0.848. The van der Waals surface area contributed by atoms with Crippen molar-refractivity contribution >= 4 is 22.6 Å². The number of rotatable bonds is 11. The van der Waals surface area contributed by atoms with Gasteiger partial charge in [-0.05, 0) is 111 Å². The summed E-state index contributed by atoms with van der Waals surface area (Å²) in [6.07, 6.45) is 14.5. The molecular formula is C40H70O5Si2. The fourth-order valence-corrected chi connectivity index (χ4v) is 9.74. The summed E-state index contributed by atoms with van der Waals surface area (Å²) in [5, 5.41) is -0.0296. The normalized spacial score (nSPS) is 29.7. The van der Waals surface area contributed by atoms with Crippen LogP contribution in [0, 0.1) is 11.3 Å². The van der Waals surface area contributed by atoms with Crippen molar-refractivity contribution in [3.8, 4) is 0 Å². The molecule has 0 radical (unpaired) electrons. The molecule has 0 spiro atoms. The largest absolute Gasteiger partial charge is 0.458 e. The summed E-state index contributed by atoms with van der Waals surface area (Å²) in [6, 6.07) is 0. The first-order valence-electron chi connectivity index (χ1n) is 18.3. The fraction of sp³-hybridized carbons (Fsp3) is 0.775. The average Bonchev–Trinajstić information content (AvgIpc) is 3.27. The third-order valence-electron chi connectivity index (χ3n) is 12.5. The van der Waals surface area contributed by atoms with Crippen LogP contribution in [0.2, 0.25) is 36.3 Å². The maximum Gasteiger partial charge on any atom is 0.332 e. The van der Waals surface area contributed by atoms with E-state index in [-0.39, 0.29) is 34.2 Å². The molecule has 7 heteroatoms. The van der Waals surface area contributed by atoms with E-state index in [0.29, 0.717) is 18.8 Å². The summed E-state index contributed by atoms with van der Waals surface area (Å²) in [7, 11) is -4.56. The lowest BCUT2D eigenvalue weighted by Crippen LogP contribution is -2.56. The van der Waals surface area contributed by atoms with E-state index < -0.39 is 28.0 Å². The van der Waals surface area contributed by atoms with Gasteiger partial charge >= 0.3 is 5.97 Å². The Hall–Kier alpha value is -1.26. The monoisotopic (exact) mass is 686 g/mol. The summed E-state index contributed by atoms with van der Waals surface area (Å²) < 4.78 is 27.0. The zero-order chi connectivity index (χ0) is 35.9. The lowest BCUT2D eigenvalue weighted by Gasteiger charge is -2.51. The van der Waals surface area contributed by atoms with Gasteiger partial charge < -0.3 is 18.3 Å². The van der Waals surface area contributed by atoms with E-state index in [4.69, 9.17) is 18.3 Å². The molecule has 3 aliphatic rings. The number of ether oxygens (including phenoxy) is 2. The highest BCUT2D eigenvalue weighted by Crippen LogP contribution is 2.56. The van der Waals surface area contributed by atoms with Crippen LogP contribution >= 0.6 is 0 Å². The fourth-order valence-electron chi connectivity index (χ4n) is 7.00. The molecule has 3 rings (SSSR count). The second-order valence-corrected chi connectivity index (χ2v) is 28.0. The molecule has 0 saturated heterocycles. The van der Waals surface area contributed by atoms with Crippen LogP contribution in [-0.4, -0.2) is 46.7 Å². The predicted octanol–water partition coefficient (Wildman–Crippen LogP) is 11.6. The highest BCUT2D eigenvalue weighted by Gasteiger charge is 2.52. The number of hydrogen-bond donors (Lipinski definition) is 0. The van der Waals surface area contributed by atoms with E-state index in [1.807, 2.05) is 20.8 Å². The summed E-state index contributed by atoms with van der Waals surface area (Å²) >= 11 is 0. The van der Waals surface area contributed by atoms with Crippen LogP contribution in [0.1, 0.15) is 128 Å². The van der Waals surface area contributed by atoms with Crippen LogP contribution in [0.15, 0.2) is 47.1 Å². The minimum Gasteiger partial charge on any atom is -0.458 e. The van der Waals surface area contributed by atoms with Crippen molar-refractivity contribution in [2.75, 3.05) is 6.61 Å². The SMILES string of the molecule is C=C1C(=CC=C2CCC[C@]3(C)C(CC)=CC[C@@H]23)C[C@](OCC(=O)OC(C)(C)CC)(O[Si](C)(C)C(C)(C)C)CC1O[Si](C)(C)C(C)(C)C. The molecule has 0 heterocycles. The lowest BCUT2D eigenvalue weighted by molar-refractivity contribution is -0.219. The molecule has 2 fully saturated rings. The number of esters is 1. The van der Waals surface area contributed by atoms with Crippen LogP contribution in [0.5, 0.6) is 0 Å². The Kier molecular flexibility index (Phi) is 12.1. The Morgan fingerprint density at radius 3 is 2.17 bits per heavy atom. The van der Waals surface area contributed by atoms with Gasteiger partial charge in [0.1, 0.15) is 12.2 Å². The molecule has 0 aliphatic heterocycles. The molecule has 0 N–H and O–H groups in total. The van der Waals surface area contributed by atoms with Crippen LogP contribution in [-0.2, 0) is 23.1 Å². The van der Waals surface area contributed by atoms with Crippen molar-refractivity contribution in [3.63, 3.8) is 0 Å². The molecule has 47 heavy (non-hydrogen) atoms. The topological polar surface area (TPSA) is 54.0 Å². The third-order valence-corrected chi connectivity index (χ3v) is 21.5. The predicted molar refractivity (Wildman–Crippen MR) is 202 cm³/mol. The molecule has 3 aliphatic carbocycles. The van der Waals surface area contributed by atoms with Gasteiger partial charge in [0, 0.05) is 12.8 Å². The van der Waals surface area contributed by atoms with Gasteiger partial charge in [0.2, 0.25) is 0 Å². The van der Waals surface area contributed by atoms with Crippen molar-refractivity contribution in [1.29, 1.82) is 0 Å². The molecular weight excluding hydrogens is 617 g/mol. The van der Waals surface area contributed by atoms with Gasteiger partial charge in [-0.2, -0.15) is 0 Å². The van der Waals surface area contributed by atoms with Gasteiger partial charge in [-0.1, -0.05) is 98.3 Å². The maximum absolute atomic E-state index is 13.2. The molecule has 5 nitrogen and oxygen atoms in total. The first kappa shape index (κ1) is 40.2. The Bertz CT molecular complexity index is 1260. The van der Waals surface area contributed by atoms with E-state index in [9.17, 15) is 4.79 Å². The van der Waals surface area contributed by atoms with E-state index in [1.54, 1.807) is 5.57 Å². The van der Waals surface area contributed by atoms with Crippen LogP contribution < -0.4 is 0 Å². The molecule has 0 aromatic rings. The van der Waals surface area contributed by atoms with E-state index >= 15 is 0 Å². The first-order chi connectivity index (χ1) is 21.3. The van der Waals surface area contributed by atoms with Gasteiger partial charge in [-0.15, -0.1) is 0 Å². The van der Waals surface area contributed by atoms with Gasteiger partial charge in [-0.3, -0.25) is 0 Å². The van der Waals surface area contributed by atoms with Gasteiger partial charge in [0.15, 0.2) is 22.4 Å². The van der Waals surface area contributed by atoms with Crippen molar-refractivity contribution in [2.45, 2.75) is 181 Å². The zero-order valence-electron chi connectivity index (χ0n) is 33.0. The van der Waals surface area contributed by atoms with Gasteiger partial charge in [0.05, 0.1) is 6.10 Å². The van der Waals surface area contributed by atoms with Crippen LogP contribution in [0.4, 0.5) is 0 Å². The number of carbonyl (C=O) groups excluding carboxylic acids is 1. The quantitative estimate of drug-likeness (QED) is 0.0937. The van der Waals surface area contributed by atoms with Crippen molar-refractivity contribution < 1.29 is 23.1 Å². The second-order valence-electron chi connectivity index (χ2n) is 18.5. The first-order valence-corrected chi connectivity index (χ1v) is 24.2. The second kappa shape index (κ2) is 14.2. The smallest absolute Gasteiger partial charge is 0.332 e. The molecule has 4 atom stereocenters. The van der Waals surface area contributed by atoms with E-state index in [0.717, 1.165) is 36.8 Å². The molecule has 2 saturated carbocycles. The number of hydrogen-bond acceptors (Lipinski definition) is 5. The third kappa shape index (κ3) is 9.11. The maximum atomic E-state index is 13.2. The molecule has 268 valence electrons. The molecule has 1 unspecified atom stereocenters. The Morgan fingerprint density at radius 1 is 1.00 bits per heavy atom. The molecule has 0 aromatic carbocycles.